The van der Waals surface area contributed by atoms with Crippen LogP contribution in [0.4, 0.5) is 11.5 Å². The standard InChI is InChI=1S/C22H24Cl2N6O4/c1-26-17(10-34-3)13-6-14(8-27-7-13)29-21(31)18-20(25)28-11-30(22(18)32)19-15(23)4-12(9-33-2)5-16(19)24/h4-8,11,17,26H,9-10,25H2,1-3H3,(H,29,31)/t17-/m0/s1. The van der Waals surface area contributed by atoms with Crippen molar-refractivity contribution in [3.63, 3.8) is 0 Å². The topological polar surface area (TPSA) is 133 Å². The number of anilines is 2. The molecule has 0 aliphatic carbocycles. The van der Waals surface area contributed by atoms with Crippen LogP contribution in [0.15, 0.2) is 41.7 Å². The van der Waals surface area contributed by atoms with Gasteiger partial charge in [-0.05, 0) is 36.4 Å². The van der Waals surface area contributed by atoms with E-state index < -0.39 is 11.5 Å². The van der Waals surface area contributed by atoms with Crippen LogP contribution >= 0.6 is 23.2 Å². The summed E-state index contributed by atoms with van der Waals surface area (Å²) in [5.41, 5.74) is 6.85. The summed E-state index contributed by atoms with van der Waals surface area (Å²) in [7, 11) is 4.91. The number of hydrogen-bond donors (Lipinski definition) is 3. The van der Waals surface area contributed by atoms with Gasteiger partial charge in [-0.15, -0.1) is 0 Å². The molecule has 2 heterocycles. The minimum absolute atomic E-state index is 0.139. The first kappa shape index (κ1) is 25.6. The van der Waals surface area contributed by atoms with Crippen LogP contribution in [0.3, 0.4) is 0 Å². The highest BCUT2D eigenvalue weighted by molar-refractivity contribution is 6.37. The Kier molecular flexibility index (Phi) is 8.59. The van der Waals surface area contributed by atoms with Gasteiger partial charge in [0, 0.05) is 20.4 Å². The highest BCUT2D eigenvalue weighted by Gasteiger charge is 2.22. The van der Waals surface area contributed by atoms with Crippen molar-refractivity contribution in [1.82, 2.24) is 19.9 Å². The Labute approximate surface area is 206 Å². The number of likely N-dealkylation sites (N-methyl/N-ethyl adjacent to an activating group) is 1. The van der Waals surface area contributed by atoms with Crippen LogP contribution in [0.5, 0.6) is 0 Å². The van der Waals surface area contributed by atoms with Gasteiger partial charge in [-0.2, -0.15) is 0 Å². The van der Waals surface area contributed by atoms with E-state index in [-0.39, 0.29) is 39.8 Å². The molecule has 1 amide bonds. The molecule has 0 unspecified atom stereocenters. The summed E-state index contributed by atoms with van der Waals surface area (Å²) in [6, 6.07) is 4.81. The summed E-state index contributed by atoms with van der Waals surface area (Å²) in [6.07, 6.45) is 4.27. The van der Waals surface area contributed by atoms with Gasteiger partial charge in [-0.3, -0.25) is 19.1 Å². The van der Waals surface area contributed by atoms with Gasteiger partial charge < -0.3 is 25.8 Å². The van der Waals surface area contributed by atoms with Gasteiger partial charge in [-0.25, -0.2) is 4.98 Å². The van der Waals surface area contributed by atoms with Gasteiger partial charge in [0.1, 0.15) is 17.7 Å². The number of carbonyl (C=O) groups excluding carboxylic acids is 1. The average Bonchev–Trinajstić information content (AvgIpc) is 2.79. The highest BCUT2D eigenvalue weighted by Crippen LogP contribution is 2.30. The Bertz CT molecular complexity index is 1230. The van der Waals surface area contributed by atoms with E-state index in [1.54, 1.807) is 38.6 Å². The second kappa shape index (κ2) is 11.4. The molecular formula is C22H24Cl2N6O4. The van der Waals surface area contributed by atoms with Gasteiger partial charge in [0.15, 0.2) is 0 Å². The number of amides is 1. The van der Waals surface area contributed by atoms with Crippen LogP contribution in [-0.4, -0.2) is 48.3 Å². The van der Waals surface area contributed by atoms with E-state index in [0.29, 0.717) is 12.3 Å². The largest absolute Gasteiger partial charge is 0.383 e. The number of pyridine rings is 1. The number of aromatic nitrogens is 3. The average molecular weight is 507 g/mol. The molecule has 1 aromatic carbocycles. The van der Waals surface area contributed by atoms with Gasteiger partial charge in [0.2, 0.25) is 0 Å². The fraction of sp³-hybridized carbons (Fsp3) is 0.273. The van der Waals surface area contributed by atoms with Crippen molar-refractivity contribution >= 4 is 40.6 Å². The first-order valence-corrected chi connectivity index (χ1v) is 10.8. The van der Waals surface area contributed by atoms with Gasteiger partial charge in [0.25, 0.3) is 11.5 Å². The van der Waals surface area contributed by atoms with Crippen LogP contribution in [-0.2, 0) is 16.1 Å². The minimum Gasteiger partial charge on any atom is -0.383 e. The summed E-state index contributed by atoms with van der Waals surface area (Å²) in [4.78, 5) is 34.4. The molecule has 180 valence electrons. The zero-order valence-corrected chi connectivity index (χ0v) is 20.3. The Balaban J connectivity index is 1.98. The summed E-state index contributed by atoms with van der Waals surface area (Å²) < 4.78 is 11.4. The molecule has 4 N–H and O–H groups in total. The van der Waals surface area contributed by atoms with Crippen LogP contribution in [0.1, 0.15) is 27.5 Å². The molecule has 2 aromatic heterocycles. The lowest BCUT2D eigenvalue weighted by atomic mass is 10.1. The molecule has 0 spiro atoms. The van der Waals surface area contributed by atoms with Crippen molar-refractivity contribution in [2.45, 2.75) is 12.6 Å². The fourth-order valence-corrected chi connectivity index (χ4v) is 4.08. The molecule has 0 radical (unpaired) electrons. The molecule has 0 aliphatic rings. The lowest BCUT2D eigenvalue weighted by Crippen LogP contribution is -2.31. The second-order valence-electron chi connectivity index (χ2n) is 7.28. The first-order chi connectivity index (χ1) is 16.3. The lowest BCUT2D eigenvalue weighted by molar-refractivity contribution is 0.102. The number of benzene rings is 1. The van der Waals surface area contributed by atoms with Crippen LogP contribution < -0.4 is 21.9 Å². The maximum absolute atomic E-state index is 13.2. The molecule has 1 atom stereocenters. The maximum atomic E-state index is 13.2. The predicted octanol–water partition coefficient (Wildman–Crippen LogP) is 2.82. The Morgan fingerprint density at radius 2 is 1.88 bits per heavy atom. The molecular weight excluding hydrogens is 483 g/mol. The second-order valence-corrected chi connectivity index (χ2v) is 8.09. The number of hydrogen-bond acceptors (Lipinski definition) is 8. The lowest BCUT2D eigenvalue weighted by Gasteiger charge is -2.16. The number of nitrogens with zero attached hydrogens (tertiary/aromatic N) is 3. The number of nitrogens with one attached hydrogen (secondary N) is 2. The zero-order chi connectivity index (χ0) is 24.8. The molecule has 0 aliphatic heterocycles. The van der Waals surface area contributed by atoms with Crippen molar-refractivity contribution in [3.05, 3.63) is 74.0 Å². The monoisotopic (exact) mass is 506 g/mol. The van der Waals surface area contributed by atoms with Gasteiger partial charge in [-0.1, -0.05) is 23.2 Å². The normalized spacial score (nSPS) is 11.9. The van der Waals surface area contributed by atoms with E-state index in [1.807, 2.05) is 0 Å². The molecule has 0 saturated heterocycles. The van der Waals surface area contributed by atoms with Gasteiger partial charge >= 0.3 is 0 Å². The van der Waals surface area contributed by atoms with E-state index >= 15 is 0 Å². The Morgan fingerprint density at radius 3 is 2.50 bits per heavy atom. The first-order valence-electron chi connectivity index (χ1n) is 10.1. The van der Waals surface area contributed by atoms with Crippen molar-refractivity contribution < 1.29 is 14.3 Å². The Hall–Kier alpha value is -3.02. The summed E-state index contributed by atoms with van der Waals surface area (Å²) in [6.45, 7) is 0.689. The van der Waals surface area contributed by atoms with E-state index in [9.17, 15) is 9.59 Å². The molecule has 0 bridgehead atoms. The predicted molar refractivity (Wildman–Crippen MR) is 131 cm³/mol. The third-order valence-electron chi connectivity index (χ3n) is 4.96. The highest BCUT2D eigenvalue weighted by atomic mass is 35.5. The molecule has 3 aromatic rings. The molecule has 0 fully saturated rings. The molecule has 3 rings (SSSR count). The van der Waals surface area contributed by atoms with Crippen molar-refractivity contribution in [2.24, 2.45) is 0 Å². The van der Waals surface area contributed by atoms with Crippen LogP contribution in [0.2, 0.25) is 10.0 Å². The van der Waals surface area contributed by atoms with Crippen molar-refractivity contribution in [1.29, 1.82) is 0 Å². The third kappa shape index (κ3) is 5.54. The summed E-state index contributed by atoms with van der Waals surface area (Å²) in [5.74, 6) is -0.988. The number of nitrogens with two attached hydrogens (primary N) is 1. The van der Waals surface area contributed by atoms with Crippen LogP contribution in [0, 0.1) is 0 Å². The quantitative estimate of drug-likeness (QED) is 0.403. The van der Waals surface area contributed by atoms with E-state index in [1.165, 1.54) is 19.6 Å². The zero-order valence-electron chi connectivity index (χ0n) is 18.8. The number of nitrogen functional groups attached to an aromatic ring is 1. The number of halogens is 2. The smallest absolute Gasteiger partial charge is 0.273 e. The third-order valence-corrected chi connectivity index (χ3v) is 5.53. The molecule has 34 heavy (non-hydrogen) atoms. The molecule has 0 saturated carbocycles. The van der Waals surface area contributed by atoms with E-state index in [4.69, 9.17) is 38.4 Å². The Morgan fingerprint density at radius 1 is 1.18 bits per heavy atom. The van der Waals surface area contributed by atoms with Crippen LogP contribution in [0.25, 0.3) is 5.69 Å². The van der Waals surface area contributed by atoms with E-state index in [2.05, 4.69) is 20.6 Å². The number of rotatable bonds is 9. The fourth-order valence-electron chi connectivity index (χ4n) is 3.36. The molecule has 12 heteroatoms. The molecule has 10 nitrogen and oxygen atoms in total. The summed E-state index contributed by atoms with van der Waals surface area (Å²) >= 11 is 12.8. The number of ether oxygens (including phenoxy) is 2. The minimum atomic E-state index is -0.751. The number of carbonyl (C=O) groups is 1. The number of methoxy groups -OCH3 is 2. The van der Waals surface area contributed by atoms with E-state index in [0.717, 1.165) is 15.7 Å². The van der Waals surface area contributed by atoms with Crippen molar-refractivity contribution in [3.8, 4) is 5.69 Å². The maximum Gasteiger partial charge on any atom is 0.273 e. The van der Waals surface area contributed by atoms with Crippen molar-refractivity contribution in [2.75, 3.05) is 38.9 Å². The SMILES string of the molecule is CN[C@@H](COC)c1cncc(NC(=O)c2c(N)ncn(-c3c(Cl)cc(COC)cc3Cl)c2=O)c1. The van der Waals surface area contributed by atoms with Gasteiger partial charge in [0.05, 0.1) is 46.9 Å². The summed E-state index contributed by atoms with van der Waals surface area (Å²) in [5, 5.41) is 6.13.